The molecule has 0 aromatic carbocycles. The van der Waals surface area contributed by atoms with Crippen LogP contribution in [0.15, 0.2) is 12.3 Å². The van der Waals surface area contributed by atoms with Gasteiger partial charge in [-0.1, -0.05) is 26.8 Å². The molecular weight excluding hydrogens is 150 g/mol. The van der Waals surface area contributed by atoms with Crippen LogP contribution in [0.1, 0.15) is 27.2 Å². The quantitative estimate of drug-likeness (QED) is 0.501. The maximum Gasteiger partial charge on any atom is 0.228 e. The van der Waals surface area contributed by atoms with Gasteiger partial charge >= 0.3 is 0 Å². The molecule has 2 heteroatoms. The third kappa shape index (κ3) is 0.904. The maximum atomic E-state index is 11.1. The molecule has 1 unspecified atom stereocenters. The summed E-state index contributed by atoms with van der Waals surface area (Å²) in [5.74, 6) is 0.832. The van der Waals surface area contributed by atoms with Crippen LogP contribution < -0.4 is 0 Å². The van der Waals surface area contributed by atoms with Gasteiger partial charge in [-0.25, -0.2) is 0 Å². The fourth-order valence-electron chi connectivity index (χ4n) is 2.13. The number of hydrogen-bond acceptors (Lipinski definition) is 1. The van der Waals surface area contributed by atoms with Crippen molar-refractivity contribution in [3.05, 3.63) is 12.3 Å². The van der Waals surface area contributed by atoms with E-state index < -0.39 is 0 Å². The molecule has 0 aromatic rings. The molecule has 2 aliphatic heterocycles. The van der Waals surface area contributed by atoms with Crippen molar-refractivity contribution in [3.63, 3.8) is 0 Å². The van der Waals surface area contributed by atoms with Crippen molar-refractivity contribution in [2.75, 3.05) is 0 Å². The van der Waals surface area contributed by atoms with E-state index in [1.54, 1.807) is 0 Å². The van der Waals surface area contributed by atoms with Crippen molar-refractivity contribution in [3.8, 4) is 0 Å². The number of carbonyl (C=O) groups is 1. The molecule has 0 N–H and O–H groups in total. The minimum atomic E-state index is 0.281. The van der Waals surface area contributed by atoms with E-state index in [0.717, 1.165) is 6.42 Å². The first kappa shape index (κ1) is 7.84. The predicted octanol–water partition coefficient (Wildman–Crippen LogP) is 1.78. The minimum absolute atomic E-state index is 0.281. The largest absolute Gasteiger partial charge is 0.315 e. The Kier molecular flexibility index (Phi) is 1.39. The Labute approximate surface area is 73.2 Å². The molecule has 2 nitrogen and oxygen atoms in total. The highest BCUT2D eigenvalue weighted by Crippen LogP contribution is 2.42. The molecule has 0 aliphatic carbocycles. The SMILES string of the molecule is CC(C)(C)C1C=CN2C(=O)C[C@@H]12. The van der Waals surface area contributed by atoms with Gasteiger partial charge in [0.15, 0.2) is 0 Å². The zero-order valence-electron chi connectivity index (χ0n) is 7.87. The van der Waals surface area contributed by atoms with Gasteiger partial charge in [-0.2, -0.15) is 0 Å². The normalized spacial score (nSPS) is 33.6. The number of carbonyl (C=O) groups excluding carboxylic acids is 1. The van der Waals surface area contributed by atoms with Crippen molar-refractivity contribution in [1.29, 1.82) is 0 Å². The summed E-state index contributed by atoms with van der Waals surface area (Å²) in [6.07, 6.45) is 4.87. The van der Waals surface area contributed by atoms with Crippen LogP contribution in [-0.2, 0) is 4.79 Å². The second-order valence-corrected chi connectivity index (χ2v) is 4.81. The number of amides is 1. The smallest absolute Gasteiger partial charge is 0.228 e. The van der Waals surface area contributed by atoms with E-state index in [9.17, 15) is 4.79 Å². The predicted molar refractivity (Wildman–Crippen MR) is 47.3 cm³/mol. The summed E-state index contributed by atoms with van der Waals surface area (Å²) >= 11 is 0. The van der Waals surface area contributed by atoms with Crippen LogP contribution in [0.4, 0.5) is 0 Å². The van der Waals surface area contributed by atoms with Crippen LogP contribution in [0.25, 0.3) is 0 Å². The first-order valence-electron chi connectivity index (χ1n) is 4.49. The molecule has 0 saturated carbocycles. The molecule has 1 saturated heterocycles. The van der Waals surface area contributed by atoms with Gasteiger partial charge in [-0.15, -0.1) is 0 Å². The number of rotatable bonds is 0. The molecular formula is C10H15NO. The van der Waals surface area contributed by atoms with Gasteiger partial charge in [-0.3, -0.25) is 4.79 Å². The lowest BCUT2D eigenvalue weighted by molar-refractivity contribution is -0.142. The van der Waals surface area contributed by atoms with E-state index >= 15 is 0 Å². The van der Waals surface area contributed by atoms with E-state index in [1.807, 2.05) is 11.1 Å². The summed E-state index contributed by atoms with van der Waals surface area (Å²) in [5.41, 5.74) is 0.288. The molecule has 2 aliphatic rings. The molecule has 1 amide bonds. The van der Waals surface area contributed by atoms with Gasteiger partial charge in [0.25, 0.3) is 0 Å². The summed E-state index contributed by atoms with van der Waals surface area (Å²) in [5, 5.41) is 0. The average Bonchev–Trinajstić information content (AvgIpc) is 2.24. The summed E-state index contributed by atoms with van der Waals surface area (Å²) in [6.45, 7) is 6.69. The van der Waals surface area contributed by atoms with E-state index in [4.69, 9.17) is 0 Å². The van der Waals surface area contributed by atoms with E-state index in [1.165, 1.54) is 0 Å². The molecule has 2 rings (SSSR count). The van der Waals surface area contributed by atoms with Gasteiger partial charge in [-0.05, 0) is 5.41 Å². The number of nitrogens with zero attached hydrogens (tertiary/aromatic N) is 1. The summed E-state index contributed by atoms with van der Waals surface area (Å²) in [6, 6.07) is 0.470. The van der Waals surface area contributed by atoms with Crippen LogP contribution in [0.3, 0.4) is 0 Å². The standard InChI is InChI=1S/C10H15NO/c1-10(2,3)7-4-5-11-8(7)6-9(11)12/h4-5,7-8H,6H2,1-3H3/t7?,8-/m0/s1. The van der Waals surface area contributed by atoms with Crippen LogP contribution in [0.2, 0.25) is 0 Å². The highest BCUT2D eigenvalue weighted by molar-refractivity contribution is 5.85. The third-order valence-electron chi connectivity index (χ3n) is 2.90. The molecule has 0 aromatic heterocycles. The van der Waals surface area contributed by atoms with Gasteiger partial charge in [0, 0.05) is 18.5 Å². The van der Waals surface area contributed by atoms with Gasteiger partial charge < -0.3 is 4.90 Å². The molecule has 0 bridgehead atoms. The van der Waals surface area contributed by atoms with Crippen molar-refractivity contribution in [1.82, 2.24) is 4.90 Å². The van der Waals surface area contributed by atoms with E-state index in [0.29, 0.717) is 12.0 Å². The van der Waals surface area contributed by atoms with E-state index in [2.05, 4.69) is 26.8 Å². The van der Waals surface area contributed by atoms with Gasteiger partial charge in [0.1, 0.15) is 0 Å². The zero-order chi connectivity index (χ0) is 8.93. The second-order valence-electron chi connectivity index (χ2n) is 4.81. The van der Waals surface area contributed by atoms with Gasteiger partial charge in [0.2, 0.25) is 5.91 Å². The highest BCUT2D eigenvalue weighted by atomic mass is 16.2. The van der Waals surface area contributed by atoms with Crippen LogP contribution >= 0.6 is 0 Å². The van der Waals surface area contributed by atoms with Crippen molar-refractivity contribution in [2.45, 2.75) is 33.2 Å². The molecule has 12 heavy (non-hydrogen) atoms. The van der Waals surface area contributed by atoms with Crippen LogP contribution in [-0.4, -0.2) is 16.8 Å². The monoisotopic (exact) mass is 165 g/mol. The minimum Gasteiger partial charge on any atom is -0.315 e. The topological polar surface area (TPSA) is 20.3 Å². The maximum absolute atomic E-state index is 11.1. The zero-order valence-corrected chi connectivity index (χ0v) is 7.87. The lowest BCUT2D eigenvalue weighted by Gasteiger charge is -2.41. The summed E-state index contributed by atoms with van der Waals surface area (Å²) in [4.78, 5) is 12.9. The molecule has 2 heterocycles. The Morgan fingerprint density at radius 2 is 2.17 bits per heavy atom. The number of β-lactam (4-membered cyclic amide) rings is 1. The third-order valence-corrected chi connectivity index (χ3v) is 2.90. The molecule has 66 valence electrons. The molecule has 2 atom stereocenters. The number of fused-ring (bicyclic) bond motifs is 1. The number of hydrogen-bond donors (Lipinski definition) is 0. The van der Waals surface area contributed by atoms with Crippen molar-refractivity contribution in [2.24, 2.45) is 11.3 Å². The summed E-state index contributed by atoms with van der Waals surface area (Å²) in [7, 11) is 0. The lowest BCUT2D eigenvalue weighted by atomic mass is 9.74. The Bertz CT molecular complexity index is 249. The van der Waals surface area contributed by atoms with Crippen LogP contribution in [0.5, 0.6) is 0 Å². The van der Waals surface area contributed by atoms with Crippen LogP contribution in [0, 0.1) is 11.3 Å². The highest BCUT2D eigenvalue weighted by Gasteiger charge is 2.46. The first-order valence-corrected chi connectivity index (χ1v) is 4.49. The lowest BCUT2D eigenvalue weighted by Crippen LogP contribution is -2.51. The van der Waals surface area contributed by atoms with Gasteiger partial charge in [0.05, 0.1) is 6.04 Å². The second kappa shape index (κ2) is 2.12. The van der Waals surface area contributed by atoms with E-state index in [-0.39, 0.29) is 11.3 Å². The summed E-state index contributed by atoms with van der Waals surface area (Å²) < 4.78 is 0. The fourth-order valence-corrected chi connectivity index (χ4v) is 2.13. The fraction of sp³-hybridized carbons (Fsp3) is 0.700. The Morgan fingerprint density at radius 1 is 1.50 bits per heavy atom. The molecule has 0 radical (unpaired) electrons. The Balaban J connectivity index is 2.15. The molecule has 0 spiro atoms. The first-order chi connectivity index (χ1) is 5.50. The molecule has 1 fully saturated rings. The Morgan fingerprint density at radius 3 is 2.58 bits per heavy atom. The Hall–Kier alpha value is -0.790. The average molecular weight is 165 g/mol. The van der Waals surface area contributed by atoms with Crippen molar-refractivity contribution < 1.29 is 4.79 Å². The van der Waals surface area contributed by atoms with Crippen molar-refractivity contribution >= 4 is 5.91 Å².